The van der Waals surface area contributed by atoms with Crippen LogP contribution in [0.3, 0.4) is 0 Å². The minimum atomic E-state index is -0.943. The van der Waals surface area contributed by atoms with Crippen LogP contribution in [0.1, 0.15) is 87.5 Å². The minimum Gasteiger partial charge on any atom is -0.490 e. The van der Waals surface area contributed by atoms with Gasteiger partial charge in [-0.15, -0.1) is 0 Å². The second kappa shape index (κ2) is 23.0. The van der Waals surface area contributed by atoms with Gasteiger partial charge in [-0.25, -0.2) is 8.78 Å². The zero-order valence-corrected chi connectivity index (χ0v) is 37.1. The largest absolute Gasteiger partial charge is 0.490 e. The zero-order chi connectivity index (χ0) is 44.7. The van der Waals surface area contributed by atoms with E-state index in [4.69, 9.17) is 9.47 Å². The highest BCUT2D eigenvalue weighted by Gasteiger charge is 2.18. The molecule has 0 amide bonds. The van der Waals surface area contributed by atoms with Gasteiger partial charge < -0.3 is 9.47 Å². The minimum absolute atomic E-state index is 0.0401. The number of hydrogen-bond donors (Lipinski definition) is 0. The van der Waals surface area contributed by atoms with E-state index in [9.17, 15) is 8.78 Å². The summed E-state index contributed by atoms with van der Waals surface area (Å²) < 4.78 is 70.8. The topological polar surface area (TPSA) is 18.5 Å². The Kier molecular flexibility index (Phi) is 16.5. The lowest BCUT2D eigenvalue weighted by Gasteiger charge is -2.11. The molecule has 7 aromatic carbocycles. The highest BCUT2D eigenvalue weighted by molar-refractivity contribution is 5.73. The fourth-order valence-electron chi connectivity index (χ4n) is 8.08. The Morgan fingerprint density at radius 1 is 0.328 bits per heavy atom. The third-order valence-electron chi connectivity index (χ3n) is 12.0. The third-order valence-corrected chi connectivity index (χ3v) is 12.0. The number of ether oxygens (including phenoxy) is 2. The molecule has 2 nitrogen and oxygen atoms in total. The van der Waals surface area contributed by atoms with E-state index in [0.717, 1.165) is 99.3 Å². The van der Waals surface area contributed by atoms with E-state index in [1.807, 2.05) is 48.5 Å². The van der Waals surface area contributed by atoms with Gasteiger partial charge in [-0.3, -0.25) is 0 Å². The summed E-state index contributed by atoms with van der Waals surface area (Å²) in [6.45, 7) is 5.00. The lowest BCUT2D eigenvalue weighted by molar-refractivity contribution is 0.285. The Hall–Kier alpha value is -6.14. The fraction of sp³-hybridized carbons (Fsp3) is 0.276. The predicted octanol–water partition coefficient (Wildman–Crippen LogP) is 16.4. The van der Waals surface area contributed by atoms with Crippen LogP contribution in [-0.4, -0.2) is 13.2 Å². The molecule has 0 unspecified atom stereocenters. The van der Waals surface area contributed by atoms with Gasteiger partial charge in [0.25, 0.3) is 0 Å². The number of benzene rings is 7. The van der Waals surface area contributed by atoms with Crippen LogP contribution in [0.4, 0.5) is 17.6 Å². The Labute approximate surface area is 377 Å². The Bertz CT molecular complexity index is 2370. The molecule has 0 aliphatic rings. The van der Waals surface area contributed by atoms with Gasteiger partial charge >= 0.3 is 0 Å². The van der Waals surface area contributed by atoms with E-state index in [1.54, 1.807) is 12.1 Å². The molecule has 7 rings (SSSR count). The summed E-state index contributed by atoms with van der Waals surface area (Å²) in [6, 6.07) is 47.2. The molecule has 0 fully saturated rings. The maximum atomic E-state index is 15.1. The average molecular weight is 863 g/mol. The molecule has 0 spiro atoms. The molecule has 0 bridgehead atoms. The lowest BCUT2D eigenvalue weighted by atomic mass is 9.96. The normalized spacial score (nSPS) is 11.2. The summed E-state index contributed by atoms with van der Waals surface area (Å²) in [4.78, 5) is 0. The molecule has 6 heteroatoms. The van der Waals surface area contributed by atoms with Crippen molar-refractivity contribution in [3.8, 4) is 56.0 Å². The molecule has 0 saturated heterocycles. The number of hydrogen-bond acceptors (Lipinski definition) is 2. The summed E-state index contributed by atoms with van der Waals surface area (Å²) in [5.74, 6) is -3.75. The first kappa shape index (κ1) is 45.9. The lowest BCUT2D eigenvalue weighted by Crippen LogP contribution is -2.01. The van der Waals surface area contributed by atoms with Crippen LogP contribution >= 0.6 is 0 Å². The Morgan fingerprint density at radius 2 is 0.672 bits per heavy atom. The Balaban J connectivity index is 0.877. The van der Waals surface area contributed by atoms with E-state index in [0.29, 0.717) is 24.3 Å². The second-order valence-electron chi connectivity index (χ2n) is 16.7. The summed E-state index contributed by atoms with van der Waals surface area (Å²) >= 11 is 0. The third kappa shape index (κ3) is 12.1. The molecule has 0 N–H and O–H groups in total. The van der Waals surface area contributed by atoms with Crippen molar-refractivity contribution in [2.45, 2.75) is 90.9 Å². The predicted molar refractivity (Wildman–Crippen MR) is 255 cm³/mol. The molecule has 0 saturated carbocycles. The van der Waals surface area contributed by atoms with Crippen LogP contribution in [-0.2, 0) is 25.7 Å². The van der Waals surface area contributed by atoms with Gasteiger partial charge in [0.15, 0.2) is 23.1 Å². The smallest absolute Gasteiger partial charge is 0.201 e. The van der Waals surface area contributed by atoms with Gasteiger partial charge in [-0.2, -0.15) is 8.78 Å². The van der Waals surface area contributed by atoms with Gasteiger partial charge in [0, 0.05) is 11.1 Å². The molecule has 0 atom stereocenters. The van der Waals surface area contributed by atoms with E-state index >= 15 is 8.78 Å². The molecular weight excluding hydrogens is 805 g/mol. The zero-order valence-electron chi connectivity index (χ0n) is 37.1. The summed E-state index contributed by atoms with van der Waals surface area (Å²) in [6.07, 6.45) is 11.8. The summed E-state index contributed by atoms with van der Waals surface area (Å²) in [5.41, 5.74) is 10.9. The van der Waals surface area contributed by atoms with Crippen LogP contribution in [0.2, 0.25) is 0 Å². The van der Waals surface area contributed by atoms with Crippen molar-refractivity contribution in [1.82, 2.24) is 0 Å². The highest BCUT2D eigenvalue weighted by Crippen LogP contribution is 2.34. The first-order chi connectivity index (χ1) is 31.3. The van der Waals surface area contributed by atoms with Crippen molar-refractivity contribution in [2.24, 2.45) is 0 Å². The number of aryl methyl sites for hydroxylation is 4. The molecule has 0 aromatic heterocycles. The van der Waals surface area contributed by atoms with Crippen LogP contribution in [0, 0.1) is 23.3 Å². The molecular formula is C58H58F4O2. The van der Waals surface area contributed by atoms with E-state index in [-0.39, 0.29) is 22.6 Å². The first-order valence-electron chi connectivity index (χ1n) is 23.0. The highest BCUT2D eigenvalue weighted by atomic mass is 19.2. The number of halogens is 4. The maximum absolute atomic E-state index is 15.1. The molecule has 0 heterocycles. The standard InChI is InChI=1S/C58H58F4O2/c1-3-5-7-9-38-63-53-36-34-51(55(59)57(53)61)49-30-26-47(27-31-49)45-22-18-41(19-23-45)14-16-43-12-11-13-44(40-43)17-15-42-20-24-46(25-21-42)48-28-32-50(33-29-48)52-35-37-54(58(62)56(52)60)64-39-10-8-6-4-2/h11-13,18-37,40H,3-10,14-17,38-39H2,1-2H3. The van der Waals surface area contributed by atoms with Crippen molar-refractivity contribution in [2.75, 3.05) is 13.2 Å². The Morgan fingerprint density at radius 3 is 1.05 bits per heavy atom. The summed E-state index contributed by atoms with van der Waals surface area (Å²) in [5, 5.41) is 0. The maximum Gasteiger partial charge on any atom is 0.201 e. The fourth-order valence-corrected chi connectivity index (χ4v) is 8.08. The van der Waals surface area contributed by atoms with Gasteiger partial charge in [0.2, 0.25) is 11.6 Å². The van der Waals surface area contributed by atoms with Crippen molar-refractivity contribution in [3.05, 3.63) is 191 Å². The van der Waals surface area contributed by atoms with E-state index in [1.165, 1.54) is 34.4 Å². The number of rotatable bonds is 22. The summed E-state index contributed by atoms with van der Waals surface area (Å²) in [7, 11) is 0. The molecule has 0 aliphatic carbocycles. The van der Waals surface area contributed by atoms with Gasteiger partial charge in [0.1, 0.15) is 0 Å². The van der Waals surface area contributed by atoms with Crippen molar-refractivity contribution in [1.29, 1.82) is 0 Å². The second-order valence-corrected chi connectivity index (χ2v) is 16.7. The molecule has 330 valence electrons. The number of unbranched alkanes of at least 4 members (excludes halogenated alkanes) is 6. The molecule has 0 aliphatic heterocycles. The van der Waals surface area contributed by atoms with Crippen LogP contribution in [0.25, 0.3) is 44.5 Å². The van der Waals surface area contributed by atoms with Gasteiger partial charge in [0.05, 0.1) is 13.2 Å². The van der Waals surface area contributed by atoms with Crippen LogP contribution in [0.15, 0.2) is 146 Å². The van der Waals surface area contributed by atoms with E-state index < -0.39 is 23.3 Å². The van der Waals surface area contributed by atoms with Crippen LogP contribution < -0.4 is 9.47 Å². The van der Waals surface area contributed by atoms with Crippen molar-refractivity contribution >= 4 is 0 Å². The molecule has 0 radical (unpaired) electrons. The monoisotopic (exact) mass is 862 g/mol. The van der Waals surface area contributed by atoms with Crippen molar-refractivity contribution in [3.63, 3.8) is 0 Å². The van der Waals surface area contributed by atoms with Gasteiger partial charge in [-0.05, 0) is 118 Å². The van der Waals surface area contributed by atoms with E-state index in [2.05, 4.69) is 86.6 Å². The molecule has 64 heavy (non-hydrogen) atoms. The SMILES string of the molecule is CCCCCCOc1ccc(-c2ccc(-c3ccc(CCc4cccc(CCc5ccc(-c6ccc(-c7ccc(OCCCCCC)c(F)c7F)cc6)cc5)c4)cc3)cc2)c(F)c1F. The first-order valence-corrected chi connectivity index (χ1v) is 23.0. The molecule has 7 aromatic rings. The quantitative estimate of drug-likeness (QED) is 0.0499. The van der Waals surface area contributed by atoms with Crippen molar-refractivity contribution < 1.29 is 27.0 Å². The van der Waals surface area contributed by atoms with Gasteiger partial charge in [-0.1, -0.05) is 174 Å². The average Bonchev–Trinajstić information content (AvgIpc) is 3.33. The van der Waals surface area contributed by atoms with Crippen LogP contribution in [0.5, 0.6) is 11.5 Å².